The zero-order chi connectivity index (χ0) is 27.3. The van der Waals surface area contributed by atoms with E-state index in [0.717, 1.165) is 21.0 Å². The van der Waals surface area contributed by atoms with Gasteiger partial charge in [-0.05, 0) is 68.7 Å². The first-order valence-electron chi connectivity index (χ1n) is 11.9. The van der Waals surface area contributed by atoms with Crippen molar-refractivity contribution in [2.45, 2.75) is 45.2 Å². The summed E-state index contributed by atoms with van der Waals surface area (Å²) in [4.78, 5) is 27.9. The predicted molar refractivity (Wildman–Crippen MR) is 147 cm³/mol. The Labute approximate surface area is 224 Å². The van der Waals surface area contributed by atoms with E-state index in [1.807, 2.05) is 38.1 Å². The lowest BCUT2D eigenvalue weighted by Crippen LogP contribution is -2.50. The molecule has 3 aromatic rings. The Balaban J connectivity index is 2.09. The number of carbonyl (C=O) groups excluding carboxylic acids is 2. The summed E-state index contributed by atoms with van der Waals surface area (Å²) in [5.41, 5.74) is 3.55. The maximum absolute atomic E-state index is 13.9. The molecule has 0 fully saturated rings. The Morgan fingerprint density at radius 2 is 1.59 bits per heavy atom. The van der Waals surface area contributed by atoms with Crippen molar-refractivity contribution in [2.24, 2.45) is 0 Å². The van der Waals surface area contributed by atoms with Gasteiger partial charge in [-0.25, -0.2) is 8.42 Å². The number of aryl methyl sites for hydroxylation is 2. The van der Waals surface area contributed by atoms with E-state index in [1.165, 1.54) is 24.1 Å². The average Bonchev–Trinajstić information content (AvgIpc) is 2.87. The zero-order valence-corrected chi connectivity index (χ0v) is 23.2. The highest BCUT2D eigenvalue weighted by molar-refractivity contribution is 7.92. The second-order valence-corrected chi connectivity index (χ2v) is 11.2. The zero-order valence-electron chi connectivity index (χ0n) is 21.7. The van der Waals surface area contributed by atoms with Gasteiger partial charge in [0.25, 0.3) is 10.0 Å². The van der Waals surface area contributed by atoms with Gasteiger partial charge in [0, 0.05) is 18.6 Å². The van der Waals surface area contributed by atoms with Crippen LogP contribution in [0.1, 0.15) is 29.2 Å². The van der Waals surface area contributed by atoms with Crippen LogP contribution in [-0.4, -0.2) is 44.8 Å². The van der Waals surface area contributed by atoms with E-state index < -0.39 is 28.5 Å². The standard InChI is InChI=1S/C28H32ClN3O4S/c1-19-13-15-24(16-14-19)37(35,36)32(26-12-8-11-25(29)21(26)3)18-27(33)31(22(4)28(34)30-5)17-23-10-7-6-9-20(23)2/h6-16,22H,17-18H2,1-5H3,(H,30,34)/t22-/m1/s1. The molecular formula is C28H32ClN3O4S. The van der Waals surface area contributed by atoms with Crippen molar-refractivity contribution in [3.8, 4) is 0 Å². The van der Waals surface area contributed by atoms with Gasteiger partial charge in [-0.1, -0.05) is 59.6 Å². The average molecular weight is 542 g/mol. The van der Waals surface area contributed by atoms with Gasteiger partial charge in [-0.3, -0.25) is 13.9 Å². The van der Waals surface area contributed by atoms with Crippen molar-refractivity contribution in [1.82, 2.24) is 10.2 Å². The normalized spacial score (nSPS) is 12.1. The molecule has 0 aromatic heterocycles. The number of carbonyl (C=O) groups is 2. The molecular weight excluding hydrogens is 510 g/mol. The van der Waals surface area contributed by atoms with E-state index in [1.54, 1.807) is 44.2 Å². The summed E-state index contributed by atoms with van der Waals surface area (Å²) in [5, 5.41) is 2.96. The molecule has 0 unspecified atom stereocenters. The number of nitrogens with zero attached hydrogens (tertiary/aromatic N) is 2. The Hall–Kier alpha value is -3.36. The van der Waals surface area contributed by atoms with E-state index >= 15 is 0 Å². The van der Waals surface area contributed by atoms with Crippen LogP contribution in [0.15, 0.2) is 71.6 Å². The topological polar surface area (TPSA) is 86.8 Å². The molecule has 2 amide bonds. The number of hydrogen-bond acceptors (Lipinski definition) is 4. The molecule has 0 aliphatic carbocycles. The van der Waals surface area contributed by atoms with E-state index in [0.29, 0.717) is 16.3 Å². The van der Waals surface area contributed by atoms with E-state index in [4.69, 9.17) is 11.6 Å². The van der Waals surface area contributed by atoms with Crippen LogP contribution in [0, 0.1) is 20.8 Å². The van der Waals surface area contributed by atoms with Crippen LogP contribution in [-0.2, 0) is 26.2 Å². The molecule has 0 aliphatic heterocycles. The Bertz CT molecular complexity index is 1390. The predicted octanol–water partition coefficient (Wildman–Crippen LogP) is 4.62. The molecule has 0 saturated heterocycles. The van der Waals surface area contributed by atoms with Crippen molar-refractivity contribution < 1.29 is 18.0 Å². The fourth-order valence-corrected chi connectivity index (χ4v) is 5.62. The Morgan fingerprint density at radius 1 is 0.946 bits per heavy atom. The molecule has 7 nitrogen and oxygen atoms in total. The van der Waals surface area contributed by atoms with Crippen LogP contribution >= 0.6 is 11.6 Å². The number of rotatable bonds is 9. The van der Waals surface area contributed by atoms with E-state index in [-0.39, 0.29) is 17.3 Å². The largest absolute Gasteiger partial charge is 0.357 e. The molecule has 0 heterocycles. The smallest absolute Gasteiger partial charge is 0.264 e. The van der Waals surface area contributed by atoms with Gasteiger partial charge in [-0.15, -0.1) is 0 Å². The maximum atomic E-state index is 13.9. The van der Waals surface area contributed by atoms with Crippen LogP contribution in [0.5, 0.6) is 0 Å². The van der Waals surface area contributed by atoms with Crippen molar-refractivity contribution in [3.05, 3.63) is 94.0 Å². The number of sulfonamides is 1. The van der Waals surface area contributed by atoms with Crippen LogP contribution in [0.3, 0.4) is 0 Å². The van der Waals surface area contributed by atoms with Gasteiger partial charge in [0.05, 0.1) is 10.6 Å². The van der Waals surface area contributed by atoms with Crippen molar-refractivity contribution in [2.75, 3.05) is 17.9 Å². The molecule has 0 bridgehead atoms. The molecule has 3 aromatic carbocycles. The molecule has 0 saturated carbocycles. The van der Waals surface area contributed by atoms with Gasteiger partial charge < -0.3 is 10.2 Å². The van der Waals surface area contributed by atoms with Crippen molar-refractivity contribution in [3.63, 3.8) is 0 Å². The summed E-state index contributed by atoms with van der Waals surface area (Å²) in [6.45, 7) is 6.75. The summed E-state index contributed by atoms with van der Waals surface area (Å²) in [5.74, 6) is -0.872. The first-order chi connectivity index (χ1) is 17.5. The number of anilines is 1. The molecule has 37 heavy (non-hydrogen) atoms. The van der Waals surface area contributed by atoms with Gasteiger partial charge in [0.15, 0.2) is 0 Å². The van der Waals surface area contributed by atoms with E-state index in [2.05, 4.69) is 5.32 Å². The fraction of sp³-hybridized carbons (Fsp3) is 0.286. The third-order valence-corrected chi connectivity index (χ3v) is 8.59. The molecule has 1 N–H and O–H groups in total. The van der Waals surface area contributed by atoms with E-state index in [9.17, 15) is 18.0 Å². The summed E-state index contributed by atoms with van der Waals surface area (Å²) in [6.07, 6.45) is 0. The monoisotopic (exact) mass is 541 g/mol. The number of halogens is 1. The molecule has 0 spiro atoms. The number of nitrogens with one attached hydrogen (secondary N) is 1. The second kappa shape index (κ2) is 11.8. The van der Waals surface area contributed by atoms with Crippen molar-refractivity contribution >= 4 is 39.1 Å². The van der Waals surface area contributed by atoms with Crippen LogP contribution in [0.4, 0.5) is 5.69 Å². The Morgan fingerprint density at radius 3 is 2.22 bits per heavy atom. The lowest BCUT2D eigenvalue weighted by atomic mass is 10.1. The second-order valence-electron chi connectivity index (χ2n) is 8.95. The number of likely N-dealkylation sites (N-methyl/N-ethyl adjacent to an activating group) is 1. The molecule has 0 radical (unpaired) electrons. The fourth-order valence-electron chi connectivity index (χ4n) is 3.98. The highest BCUT2D eigenvalue weighted by atomic mass is 35.5. The maximum Gasteiger partial charge on any atom is 0.264 e. The van der Waals surface area contributed by atoms with Crippen LogP contribution < -0.4 is 9.62 Å². The Kier molecular flexibility index (Phi) is 8.99. The van der Waals surface area contributed by atoms with Crippen molar-refractivity contribution in [1.29, 1.82) is 0 Å². The first kappa shape index (κ1) is 28.2. The van der Waals surface area contributed by atoms with Crippen LogP contribution in [0.25, 0.3) is 0 Å². The highest BCUT2D eigenvalue weighted by Crippen LogP contribution is 2.31. The summed E-state index contributed by atoms with van der Waals surface area (Å²) >= 11 is 6.34. The minimum absolute atomic E-state index is 0.0510. The third-order valence-electron chi connectivity index (χ3n) is 6.41. The SMILES string of the molecule is CNC(=O)[C@@H](C)N(Cc1ccccc1C)C(=O)CN(c1cccc(Cl)c1C)S(=O)(=O)c1ccc(C)cc1. The molecule has 1 atom stereocenters. The minimum Gasteiger partial charge on any atom is -0.357 e. The first-order valence-corrected chi connectivity index (χ1v) is 13.7. The van der Waals surface area contributed by atoms with Gasteiger partial charge in [-0.2, -0.15) is 0 Å². The number of amides is 2. The van der Waals surface area contributed by atoms with Crippen LogP contribution in [0.2, 0.25) is 5.02 Å². The highest BCUT2D eigenvalue weighted by Gasteiger charge is 2.33. The lowest BCUT2D eigenvalue weighted by molar-refractivity contribution is -0.139. The molecule has 0 aliphatic rings. The molecule has 3 rings (SSSR count). The number of benzene rings is 3. The quantitative estimate of drug-likeness (QED) is 0.428. The molecule has 9 heteroatoms. The summed E-state index contributed by atoms with van der Waals surface area (Å²) in [7, 11) is -2.65. The lowest BCUT2D eigenvalue weighted by Gasteiger charge is -2.32. The molecule has 196 valence electrons. The minimum atomic E-state index is -4.14. The summed E-state index contributed by atoms with van der Waals surface area (Å²) < 4.78 is 28.8. The number of hydrogen-bond donors (Lipinski definition) is 1. The van der Waals surface area contributed by atoms with Gasteiger partial charge in [0.1, 0.15) is 12.6 Å². The van der Waals surface area contributed by atoms with Gasteiger partial charge >= 0.3 is 0 Å². The van der Waals surface area contributed by atoms with Gasteiger partial charge in [0.2, 0.25) is 11.8 Å². The third kappa shape index (κ3) is 6.32. The summed E-state index contributed by atoms with van der Waals surface area (Å²) in [6, 6.07) is 18.1.